The summed E-state index contributed by atoms with van der Waals surface area (Å²) >= 11 is 3.36. The summed E-state index contributed by atoms with van der Waals surface area (Å²) in [5.74, 6) is 0.699. The van der Waals surface area contributed by atoms with Crippen LogP contribution >= 0.6 is 15.9 Å². The van der Waals surface area contributed by atoms with Gasteiger partial charge < -0.3 is 5.32 Å². The van der Waals surface area contributed by atoms with Gasteiger partial charge in [-0.1, -0.05) is 20.3 Å². The summed E-state index contributed by atoms with van der Waals surface area (Å²) in [7, 11) is 0. The molecule has 1 N–H and O–H groups in total. The minimum Gasteiger partial charge on any atom is -0.380 e. The van der Waals surface area contributed by atoms with E-state index in [1.54, 1.807) is 6.20 Å². The SMILES string of the molecule is CCCCn1ncc(NC2CC2C)c(Br)c1=O. The number of aromatic nitrogens is 2. The van der Waals surface area contributed by atoms with E-state index in [2.05, 4.69) is 40.2 Å². The third-order valence-corrected chi connectivity index (χ3v) is 3.93. The molecule has 1 aliphatic rings. The normalized spacial score (nSPS) is 22.5. The molecule has 1 aliphatic carbocycles. The summed E-state index contributed by atoms with van der Waals surface area (Å²) in [5, 5.41) is 7.53. The molecule has 1 fully saturated rings. The van der Waals surface area contributed by atoms with Crippen molar-refractivity contribution in [3.8, 4) is 0 Å². The predicted octanol–water partition coefficient (Wildman–Crippen LogP) is 2.63. The molecule has 0 radical (unpaired) electrons. The molecule has 0 aromatic carbocycles. The number of nitrogens with one attached hydrogen (secondary N) is 1. The van der Waals surface area contributed by atoms with E-state index in [4.69, 9.17) is 0 Å². The largest absolute Gasteiger partial charge is 0.380 e. The number of hydrogen-bond acceptors (Lipinski definition) is 3. The molecule has 0 bridgehead atoms. The number of halogens is 1. The van der Waals surface area contributed by atoms with Crippen molar-refractivity contribution in [1.29, 1.82) is 0 Å². The highest BCUT2D eigenvalue weighted by molar-refractivity contribution is 9.10. The third kappa shape index (κ3) is 2.89. The monoisotopic (exact) mass is 299 g/mol. The smallest absolute Gasteiger partial charge is 0.283 e. The minimum absolute atomic E-state index is 0.0447. The van der Waals surface area contributed by atoms with E-state index in [1.807, 2.05) is 0 Å². The van der Waals surface area contributed by atoms with E-state index < -0.39 is 0 Å². The van der Waals surface area contributed by atoms with Gasteiger partial charge in [-0.15, -0.1) is 0 Å². The standard InChI is InChI=1S/C12H18BrN3O/c1-3-4-5-16-12(17)11(13)10(7-14-16)15-9-6-8(9)2/h7-9,15H,3-6H2,1-2H3. The zero-order valence-electron chi connectivity index (χ0n) is 10.2. The van der Waals surface area contributed by atoms with Gasteiger partial charge in [0.2, 0.25) is 0 Å². The Kier molecular flexibility index (Phi) is 3.86. The quantitative estimate of drug-likeness (QED) is 0.909. The summed E-state index contributed by atoms with van der Waals surface area (Å²) in [6, 6.07) is 0.499. The molecule has 2 rings (SSSR count). The van der Waals surface area contributed by atoms with Crippen molar-refractivity contribution in [3.63, 3.8) is 0 Å². The van der Waals surface area contributed by atoms with Crippen molar-refractivity contribution in [1.82, 2.24) is 9.78 Å². The Bertz CT molecular complexity index is 458. The Morgan fingerprint density at radius 1 is 1.65 bits per heavy atom. The van der Waals surface area contributed by atoms with Crippen molar-refractivity contribution in [2.24, 2.45) is 5.92 Å². The molecule has 94 valence electrons. The average Bonchev–Trinajstić information content (AvgIpc) is 3.00. The first-order valence-electron chi connectivity index (χ1n) is 6.15. The van der Waals surface area contributed by atoms with E-state index >= 15 is 0 Å². The van der Waals surface area contributed by atoms with Crippen molar-refractivity contribution in [2.75, 3.05) is 5.32 Å². The number of unbranched alkanes of at least 4 members (excludes halogenated alkanes) is 1. The number of nitrogens with zero attached hydrogens (tertiary/aromatic N) is 2. The van der Waals surface area contributed by atoms with Crippen LogP contribution in [0.2, 0.25) is 0 Å². The number of aryl methyl sites for hydroxylation is 1. The molecule has 2 unspecified atom stereocenters. The Balaban J connectivity index is 2.14. The van der Waals surface area contributed by atoms with E-state index in [0.29, 0.717) is 23.0 Å². The molecule has 0 saturated heterocycles. The molecule has 2 atom stereocenters. The van der Waals surface area contributed by atoms with Gasteiger partial charge in [-0.2, -0.15) is 5.10 Å². The van der Waals surface area contributed by atoms with Gasteiger partial charge in [0.1, 0.15) is 4.47 Å². The van der Waals surface area contributed by atoms with Crippen molar-refractivity contribution in [2.45, 2.75) is 45.7 Å². The second kappa shape index (κ2) is 5.21. The molecule has 0 spiro atoms. The van der Waals surface area contributed by atoms with Crippen molar-refractivity contribution >= 4 is 21.6 Å². The summed E-state index contributed by atoms with van der Waals surface area (Å²) in [6.45, 7) is 4.99. The lowest BCUT2D eigenvalue weighted by molar-refractivity contribution is 0.541. The topological polar surface area (TPSA) is 46.9 Å². The summed E-state index contributed by atoms with van der Waals surface area (Å²) < 4.78 is 2.12. The highest BCUT2D eigenvalue weighted by Gasteiger charge is 2.33. The highest BCUT2D eigenvalue weighted by Crippen LogP contribution is 2.33. The predicted molar refractivity (Wildman–Crippen MR) is 72.3 cm³/mol. The molecule has 4 nitrogen and oxygen atoms in total. The minimum atomic E-state index is -0.0447. The van der Waals surface area contributed by atoms with Gasteiger partial charge in [-0.05, 0) is 34.7 Å². The van der Waals surface area contributed by atoms with Gasteiger partial charge in [0.25, 0.3) is 5.56 Å². The molecule has 1 aromatic heterocycles. The maximum Gasteiger partial charge on any atom is 0.283 e. The first kappa shape index (κ1) is 12.6. The van der Waals surface area contributed by atoms with Crippen molar-refractivity contribution < 1.29 is 0 Å². The molecule has 0 amide bonds. The first-order chi connectivity index (χ1) is 8.13. The van der Waals surface area contributed by atoms with Gasteiger partial charge in [-0.25, -0.2) is 4.68 Å². The fourth-order valence-electron chi connectivity index (χ4n) is 1.76. The van der Waals surface area contributed by atoms with E-state index in [-0.39, 0.29) is 5.56 Å². The molecule has 1 aromatic rings. The lowest BCUT2D eigenvalue weighted by Gasteiger charge is -2.09. The number of rotatable bonds is 5. The van der Waals surface area contributed by atoms with Crippen molar-refractivity contribution in [3.05, 3.63) is 21.0 Å². The van der Waals surface area contributed by atoms with Crippen LogP contribution < -0.4 is 10.9 Å². The number of hydrogen-bond donors (Lipinski definition) is 1. The van der Waals surface area contributed by atoms with Crippen LogP contribution in [0.15, 0.2) is 15.5 Å². The maximum absolute atomic E-state index is 12.0. The fraction of sp³-hybridized carbons (Fsp3) is 0.667. The zero-order chi connectivity index (χ0) is 12.4. The third-order valence-electron chi connectivity index (χ3n) is 3.16. The molecule has 17 heavy (non-hydrogen) atoms. The van der Waals surface area contributed by atoms with Crippen LogP contribution in [-0.4, -0.2) is 15.8 Å². The second-order valence-electron chi connectivity index (χ2n) is 4.72. The maximum atomic E-state index is 12.0. The Hall–Kier alpha value is -0.840. The first-order valence-corrected chi connectivity index (χ1v) is 6.95. The van der Waals surface area contributed by atoms with Crippen LogP contribution in [0.25, 0.3) is 0 Å². The van der Waals surface area contributed by atoms with Gasteiger partial charge in [0, 0.05) is 12.6 Å². The average molecular weight is 300 g/mol. The molecule has 1 saturated carbocycles. The highest BCUT2D eigenvalue weighted by atomic mass is 79.9. The van der Waals surface area contributed by atoms with Gasteiger partial charge in [0.05, 0.1) is 11.9 Å². The Morgan fingerprint density at radius 2 is 2.35 bits per heavy atom. The van der Waals surface area contributed by atoms with Crippen LogP contribution in [0.1, 0.15) is 33.1 Å². The van der Waals surface area contributed by atoms with E-state index in [0.717, 1.165) is 18.5 Å². The lowest BCUT2D eigenvalue weighted by Crippen LogP contribution is -2.25. The summed E-state index contributed by atoms with van der Waals surface area (Å²) in [5.41, 5.74) is 0.772. The molecule has 0 aliphatic heterocycles. The zero-order valence-corrected chi connectivity index (χ0v) is 11.8. The van der Waals surface area contributed by atoms with Crippen LogP contribution in [0.4, 0.5) is 5.69 Å². The van der Waals surface area contributed by atoms with Crippen LogP contribution in [-0.2, 0) is 6.54 Å². The van der Waals surface area contributed by atoms with E-state index in [1.165, 1.54) is 11.1 Å². The van der Waals surface area contributed by atoms with Crippen LogP contribution in [0, 0.1) is 5.92 Å². The number of anilines is 1. The van der Waals surface area contributed by atoms with Crippen LogP contribution in [0.3, 0.4) is 0 Å². The Morgan fingerprint density at radius 3 is 2.94 bits per heavy atom. The van der Waals surface area contributed by atoms with Gasteiger partial charge in [-0.3, -0.25) is 4.79 Å². The lowest BCUT2D eigenvalue weighted by atomic mass is 10.3. The van der Waals surface area contributed by atoms with Gasteiger partial charge >= 0.3 is 0 Å². The molecule has 5 heteroatoms. The molecular weight excluding hydrogens is 282 g/mol. The van der Waals surface area contributed by atoms with E-state index in [9.17, 15) is 4.79 Å². The molecule has 1 heterocycles. The fourth-order valence-corrected chi connectivity index (χ4v) is 2.18. The van der Waals surface area contributed by atoms with Gasteiger partial charge in [0.15, 0.2) is 0 Å². The molecular formula is C12H18BrN3O. The Labute approximate surface area is 110 Å². The van der Waals surface area contributed by atoms with Crippen LogP contribution in [0.5, 0.6) is 0 Å². The summed E-state index contributed by atoms with van der Waals surface area (Å²) in [4.78, 5) is 12.0. The summed E-state index contributed by atoms with van der Waals surface area (Å²) in [6.07, 6.45) is 4.95. The second-order valence-corrected chi connectivity index (χ2v) is 5.51.